The SMILES string of the molecule is CCCCCC1CCC(C2CCC(Cc3cc(Oc4cnc(CCCC)c(CC5CCC(C6CCC(CCCCC)CC6)CC5)c4)cnc3CCCC)CC2)CC1. The third-order valence-corrected chi connectivity index (χ3v) is 16.2. The first-order valence-corrected chi connectivity index (χ1v) is 25.7. The van der Waals surface area contributed by atoms with E-state index >= 15 is 0 Å². The second-order valence-corrected chi connectivity index (χ2v) is 20.4. The van der Waals surface area contributed by atoms with Gasteiger partial charge in [0.1, 0.15) is 11.5 Å². The van der Waals surface area contributed by atoms with Gasteiger partial charge in [0.25, 0.3) is 0 Å². The van der Waals surface area contributed by atoms with E-state index in [-0.39, 0.29) is 0 Å². The molecule has 2 aromatic heterocycles. The first-order valence-electron chi connectivity index (χ1n) is 25.7. The number of aromatic nitrogens is 2. The lowest BCUT2D eigenvalue weighted by Gasteiger charge is -2.38. The van der Waals surface area contributed by atoms with E-state index in [2.05, 4.69) is 39.8 Å². The first kappa shape index (κ1) is 44.6. The Labute approximate surface area is 352 Å². The van der Waals surface area contributed by atoms with E-state index in [1.165, 1.54) is 215 Å². The quantitative estimate of drug-likeness (QED) is 0.112. The van der Waals surface area contributed by atoms with Crippen LogP contribution in [0.2, 0.25) is 0 Å². The van der Waals surface area contributed by atoms with Crippen molar-refractivity contribution in [3.05, 3.63) is 47.0 Å². The third-order valence-electron chi connectivity index (χ3n) is 16.2. The van der Waals surface area contributed by atoms with E-state index in [0.29, 0.717) is 0 Å². The van der Waals surface area contributed by atoms with Gasteiger partial charge in [0.05, 0.1) is 12.4 Å². The molecule has 0 spiro atoms. The molecule has 4 aliphatic carbocycles. The van der Waals surface area contributed by atoms with Gasteiger partial charge in [0, 0.05) is 11.4 Å². The van der Waals surface area contributed by atoms with Gasteiger partial charge in [0.15, 0.2) is 0 Å². The number of hydrogen-bond donors (Lipinski definition) is 0. The summed E-state index contributed by atoms with van der Waals surface area (Å²) in [7, 11) is 0. The second kappa shape index (κ2) is 24.4. The molecule has 3 nitrogen and oxygen atoms in total. The summed E-state index contributed by atoms with van der Waals surface area (Å²) in [6.45, 7) is 9.29. The van der Waals surface area contributed by atoms with Crippen molar-refractivity contribution >= 4 is 0 Å². The first-order chi connectivity index (χ1) is 28.0. The maximum absolute atomic E-state index is 6.70. The molecule has 4 fully saturated rings. The van der Waals surface area contributed by atoms with Gasteiger partial charge in [-0.25, -0.2) is 0 Å². The van der Waals surface area contributed by atoms with Crippen molar-refractivity contribution in [1.29, 1.82) is 0 Å². The van der Waals surface area contributed by atoms with Crippen LogP contribution in [0.5, 0.6) is 11.5 Å². The number of pyridine rings is 2. The molecule has 0 saturated heterocycles. The van der Waals surface area contributed by atoms with Crippen LogP contribution < -0.4 is 4.74 Å². The molecule has 2 aromatic rings. The fourth-order valence-electron chi connectivity index (χ4n) is 12.4. The molecule has 4 saturated carbocycles. The summed E-state index contributed by atoms with van der Waals surface area (Å²) >= 11 is 0. The molecular weight excluding hydrogens is 693 g/mol. The standard InChI is InChI=1S/C54H88N2O/c1-5-9-13-15-41-19-27-45(28-20-41)47-31-23-43(24-32-47)35-49-37-51(39-55-53(49)17-11-7-3)57-52-38-50(54(56-40-52)18-12-8-4)36-44-25-33-48(34-26-44)46-29-21-42(22-30-46)16-14-10-6-2/h37-48H,5-36H2,1-4H3. The minimum atomic E-state index is 0.788. The van der Waals surface area contributed by atoms with E-state index in [0.717, 1.165) is 71.7 Å². The van der Waals surface area contributed by atoms with Crippen LogP contribution in [0.1, 0.15) is 230 Å². The van der Waals surface area contributed by atoms with E-state index in [9.17, 15) is 0 Å². The fourth-order valence-corrected chi connectivity index (χ4v) is 12.4. The molecule has 0 radical (unpaired) electrons. The van der Waals surface area contributed by atoms with Gasteiger partial charge in [-0.2, -0.15) is 0 Å². The zero-order chi connectivity index (χ0) is 39.7. The molecule has 0 atom stereocenters. The Morgan fingerprint density at radius 1 is 0.421 bits per heavy atom. The Hall–Kier alpha value is -1.90. The number of hydrogen-bond acceptors (Lipinski definition) is 3. The highest BCUT2D eigenvalue weighted by atomic mass is 16.5. The second-order valence-electron chi connectivity index (χ2n) is 20.4. The average molecular weight is 781 g/mol. The molecule has 0 bridgehead atoms. The highest BCUT2D eigenvalue weighted by Crippen LogP contribution is 2.45. The van der Waals surface area contributed by atoms with Crippen LogP contribution in [0, 0.1) is 47.3 Å². The lowest BCUT2D eigenvalue weighted by Crippen LogP contribution is -2.26. The Morgan fingerprint density at radius 3 is 1.09 bits per heavy atom. The van der Waals surface area contributed by atoms with E-state index in [1.54, 1.807) is 0 Å². The minimum absolute atomic E-state index is 0.788. The van der Waals surface area contributed by atoms with Gasteiger partial charge in [-0.15, -0.1) is 0 Å². The maximum atomic E-state index is 6.70. The van der Waals surface area contributed by atoms with Crippen LogP contribution in [0.4, 0.5) is 0 Å². The summed E-state index contributed by atoms with van der Waals surface area (Å²) in [6.07, 6.45) is 48.3. The van der Waals surface area contributed by atoms with Crippen LogP contribution in [0.15, 0.2) is 24.5 Å². The highest BCUT2D eigenvalue weighted by molar-refractivity contribution is 5.36. The van der Waals surface area contributed by atoms with Crippen LogP contribution in [0.3, 0.4) is 0 Å². The van der Waals surface area contributed by atoms with Gasteiger partial charge in [-0.05, 0) is 186 Å². The molecule has 0 aliphatic heterocycles. The monoisotopic (exact) mass is 781 g/mol. The van der Waals surface area contributed by atoms with Crippen LogP contribution >= 0.6 is 0 Å². The number of unbranched alkanes of at least 4 members (excludes halogenated alkanes) is 6. The minimum Gasteiger partial charge on any atom is -0.454 e. The van der Waals surface area contributed by atoms with Gasteiger partial charge >= 0.3 is 0 Å². The number of nitrogens with zero attached hydrogens (tertiary/aromatic N) is 2. The molecular formula is C54H88N2O. The van der Waals surface area contributed by atoms with Crippen molar-refractivity contribution in [2.75, 3.05) is 0 Å². The predicted molar refractivity (Wildman–Crippen MR) is 243 cm³/mol. The van der Waals surface area contributed by atoms with Crippen LogP contribution in [-0.2, 0) is 25.7 Å². The summed E-state index contributed by atoms with van der Waals surface area (Å²) in [6, 6.07) is 4.74. The summed E-state index contributed by atoms with van der Waals surface area (Å²) in [4.78, 5) is 10.2. The number of rotatable bonds is 22. The molecule has 6 rings (SSSR count). The summed E-state index contributed by atoms with van der Waals surface area (Å²) < 4.78 is 6.70. The Kier molecular flexibility index (Phi) is 19.1. The molecule has 320 valence electrons. The Bertz CT molecular complexity index is 1280. The average Bonchev–Trinajstić information content (AvgIpc) is 3.24. The normalized spacial score (nSPS) is 28.4. The zero-order valence-corrected chi connectivity index (χ0v) is 37.9. The summed E-state index contributed by atoms with van der Waals surface area (Å²) in [5.41, 5.74) is 5.53. The lowest BCUT2D eigenvalue weighted by atomic mass is 9.68. The predicted octanol–water partition coefficient (Wildman–Crippen LogP) is 16.4. The number of aryl methyl sites for hydroxylation is 2. The summed E-state index contributed by atoms with van der Waals surface area (Å²) in [5.74, 6) is 9.41. The molecule has 3 heteroatoms. The molecule has 0 unspecified atom stereocenters. The Morgan fingerprint density at radius 2 is 0.754 bits per heavy atom. The lowest BCUT2D eigenvalue weighted by molar-refractivity contribution is 0.142. The molecule has 57 heavy (non-hydrogen) atoms. The zero-order valence-electron chi connectivity index (χ0n) is 37.9. The highest BCUT2D eigenvalue weighted by Gasteiger charge is 2.33. The third kappa shape index (κ3) is 14.1. The molecule has 0 aromatic carbocycles. The van der Waals surface area contributed by atoms with Gasteiger partial charge in [0.2, 0.25) is 0 Å². The smallest absolute Gasteiger partial charge is 0.146 e. The molecule has 0 amide bonds. The van der Waals surface area contributed by atoms with Crippen molar-refractivity contribution in [3.63, 3.8) is 0 Å². The molecule has 0 N–H and O–H groups in total. The topological polar surface area (TPSA) is 35.0 Å². The van der Waals surface area contributed by atoms with Crippen molar-refractivity contribution in [2.45, 2.75) is 233 Å². The Balaban J connectivity index is 1.02. The molecule has 4 aliphatic rings. The maximum Gasteiger partial charge on any atom is 0.146 e. The van der Waals surface area contributed by atoms with Crippen molar-refractivity contribution in [3.8, 4) is 11.5 Å². The van der Waals surface area contributed by atoms with Gasteiger partial charge in [-0.1, -0.05) is 118 Å². The van der Waals surface area contributed by atoms with E-state index in [1.807, 2.05) is 12.4 Å². The summed E-state index contributed by atoms with van der Waals surface area (Å²) in [5, 5.41) is 0. The fraction of sp³-hybridized carbons (Fsp3) is 0.815. The van der Waals surface area contributed by atoms with Crippen molar-refractivity contribution in [2.24, 2.45) is 47.3 Å². The van der Waals surface area contributed by atoms with Crippen LogP contribution in [-0.4, -0.2) is 9.97 Å². The van der Waals surface area contributed by atoms with Crippen molar-refractivity contribution in [1.82, 2.24) is 9.97 Å². The molecule has 2 heterocycles. The largest absolute Gasteiger partial charge is 0.454 e. The van der Waals surface area contributed by atoms with Gasteiger partial charge in [-0.3, -0.25) is 9.97 Å². The number of ether oxygens (including phenoxy) is 1. The van der Waals surface area contributed by atoms with E-state index in [4.69, 9.17) is 14.7 Å². The van der Waals surface area contributed by atoms with E-state index < -0.39 is 0 Å². The van der Waals surface area contributed by atoms with Gasteiger partial charge < -0.3 is 4.74 Å². The van der Waals surface area contributed by atoms with Crippen molar-refractivity contribution < 1.29 is 4.74 Å². The van der Waals surface area contributed by atoms with Crippen LogP contribution in [0.25, 0.3) is 0 Å².